The minimum atomic E-state index is -0.501. The van der Waals surface area contributed by atoms with Crippen molar-refractivity contribution in [2.45, 2.75) is 30.9 Å². The van der Waals surface area contributed by atoms with Crippen molar-refractivity contribution in [1.82, 2.24) is 10.6 Å². The summed E-state index contributed by atoms with van der Waals surface area (Å²) < 4.78 is 5.30. The monoisotopic (exact) mass is 184 g/mol. The van der Waals surface area contributed by atoms with Crippen molar-refractivity contribution in [1.29, 1.82) is 0 Å². The highest BCUT2D eigenvalue weighted by molar-refractivity contribution is 6.04. The Morgan fingerprint density at radius 2 is 2.15 bits per heavy atom. The van der Waals surface area contributed by atoms with Gasteiger partial charge in [0.15, 0.2) is 0 Å². The van der Waals surface area contributed by atoms with Gasteiger partial charge < -0.3 is 10.1 Å². The highest BCUT2D eigenvalue weighted by Crippen LogP contribution is 2.38. The van der Waals surface area contributed by atoms with Crippen LogP contribution in [0.4, 0.5) is 4.79 Å². The largest absolute Gasteiger partial charge is 0.376 e. The Bertz CT molecular complexity index is 255. The fraction of sp³-hybridized carbons (Fsp3) is 0.750. The molecule has 1 unspecified atom stereocenters. The van der Waals surface area contributed by atoms with Crippen LogP contribution in [0.5, 0.6) is 0 Å². The van der Waals surface area contributed by atoms with Crippen LogP contribution in [0.3, 0.4) is 0 Å². The van der Waals surface area contributed by atoms with Crippen molar-refractivity contribution in [3.63, 3.8) is 0 Å². The van der Waals surface area contributed by atoms with E-state index >= 15 is 0 Å². The van der Waals surface area contributed by atoms with Gasteiger partial charge in [0.25, 0.3) is 5.91 Å². The SMILES string of the molecule is COC1(C2NC(=O)NC2=O)CCC1. The van der Waals surface area contributed by atoms with Crippen LogP contribution >= 0.6 is 0 Å². The summed E-state index contributed by atoms with van der Waals surface area (Å²) in [6.45, 7) is 0. The number of carbonyl (C=O) groups excluding carboxylic acids is 2. The predicted octanol–water partition coefficient (Wildman–Crippen LogP) is -0.237. The molecular weight excluding hydrogens is 172 g/mol. The van der Waals surface area contributed by atoms with E-state index in [1.165, 1.54) is 0 Å². The molecule has 1 saturated heterocycles. The van der Waals surface area contributed by atoms with E-state index in [9.17, 15) is 9.59 Å². The summed E-state index contributed by atoms with van der Waals surface area (Å²) in [7, 11) is 1.58. The summed E-state index contributed by atoms with van der Waals surface area (Å²) in [5, 5.41) is 4.78. The lowest BCUT2D eigenvalue weighted by atomic mass is 9.74. The zero-order valence-corrected chi connectivity index (χ0v) is 7.42. The number of ether oxygens (including phenoxy) is 1. The number of hydrogen-bond acceptors (Lipinski definition) is 3. The fourth-order valence-electron chi connectivity index (χ4n) is 1.92. The molecule has 72 valence electrons. The van der Waals surface area contributed by atoms with Crippen LogP contribution in [0.15, 0.2) is 0 Å². The summed E-state index contributed by atoms with van der Waals surface area (Å²) in [4.78, 5) is 22.2. The smallest absolute Gasteiger partial charge is 0.322 e. The van der Waals surface area contributed by atoms with Gasteiger partial charge in [0.1, 0.15) is 6.04 Å². The van der Waals surface area contributed by atoms with E-state index in [0.717, 1.165) is 19.3 Å². The van der Waals surface area contributed by atoms with Crippen molar-refractivity contribution in [2.75, 3.05) is 7.11 Å². The summed E-state index contributed by atoms with van der Waals surface area (Å²) in [6, 6.07) is -0.919. The van der Waals surface area contributed by atoms with Gasteiger partial charge in [-0.05, 0) is 19.3 Å². The van der Waals surface area contributed by atoms with Gasteiger partial charge in [0.05, 0.1) is 5.60 Å². The first-order valence-corrected chi connectivity index (χ1v) is 4.34. The van der Waals surface area contributed by atoms with Gasteiger partial charge in [-0.25, -0.2) is 4.79 Å². The van der Waals surface area contributed by atoms with Gasteiger partial charge >= 0.3 is 6.03 Å². The predicted molar refractivity (Wildman–Crippen MR) is 44.1 cm³/mol. The van der Waals surface area contributed by atoms with Crippen molar-refractivity contribution in [2.24, 2.45) is 0 Å². The molecule has 2 fully saturated rings. The van der Waals surface area contributed by atoms with Crippen molar-refractivity contribution < 1.29 is 14.3 Å². The normalized spacial score (nSPS) is 30.7. The van der Waals surface area contributed by atoms with Crippen LogP contribution in [0.25, 0.3) is 0 Å². The van der Waals surface area contributed by atoms with Crippen LogP contribution in [-0.2, 0) is 9.53 Å². The molecular formula is C8H12N2O3. The second-order valence-electron chi connectivity index (χ2n) is 3.52. The summed E-state index contributed by atoms with van der Waals surface area (Å²) in [5.41, 5.74) is -0.448. The Balaban J connectivity index is 2.15. The number of urea groups is 1. The Hall–Kier alpha value is -1.10. The van der Waals surface area contributed by atoms with E-state index in [0.29, 0.717) is 0 Å². The standard InChI is InChI=1S/C8H12N2O3/c1-13-8(3-2-4-8)5-6(11)10-7(12)9-5/h5H,2-4H2,1H3,(H2,9,10,11,12). The van der Waals surface area contributed by atoms with Crippen molar-refractivity contribution in [3.8, 4) is 0 Å². The Morgan fingerprint density at radius 3 is 2.46 bits per heavy atom. The molecule has 1 aliphatic heterocycles. The van der Waals surface area contributed by atoms with Gasteiger partial charge in [-0.1, -0.05) is 0 Å². The number of imide groups is 1. The lowest BCUT2D eigenvalue weighted by Crippen LogP contribution is -2.57. The molecule has 13 heavy (non-hydrogen) atoms. The molecule has 0 spiro atoms. The fourth-order valence-corrected chi connectivity index (χ4v) is 1.92. The minimum Gasteiger partial charge on any atom is -0.376 e. The first-order chi connectivity index (χ1) is 6.18. The van der Waals surface area contributed by atoms with Crippen LogP contribution in [0, 0.1) is 0 Å². The number of nitrogens with one attached hydrogen (secondary N) is 2. The molecule has 0 bridgehead atoms. The second kappa shape index (κ2) is 2.70. The van der Waals surface area contributed by atoms with Gasteiger partial charge in [0.2, 0.25) is 0 Å². The van der Waals surface area contributed by atoms with E-state index in [1.807, 2.05) is 0 Å². The lowest BCUT2D eigenvalue weighted by Gasteiger charge is -2.43. The van der Waals surface area contributed by atoms with Crippen LogP contribution in [-0.4, -0.2) is 30.7 Å². The molecule has 3 amide bonds. The molecule has 2 rings (SSSR count). The van der Waals surface area contributed by atoms with Crippen LogP contribution in [0.1, 0.15) is 19.3 Å². The van der Waals surface area contributed by atoms with Crippen LogP contribution < -0.4 is 10.6 Å². The third-order valence-corrected chi connectivity index (χ3v) is 2.91. The molecule has 1 saturated carbocycles. The average molecular weight is 184 g/mol. The van der Waals surface area contributed by atoms with Crippen molar-refractivity contribution in [3.05, 3.63) is 0 Å². The molecule has 0 aromatic heterocycles. The number of carbonyl (C=O) groups is 2. The molecule has 2 aliphatic rings. The molecule has 2 N–H and O–H groups in total. The highest BCUT2D eigenvalue weighted by atomic mass is 16.5. The highest BCUT2D eigenvalue weighted by Gasteiger charge is 2.51. The van der Waals surface area contributed by atoms with Crippen LogP contribution in [0.2, 0.25) is 0 Å². The van der Waals surface area contributed by atoms with Gasteiger partial charge in [-0.2, -0.15) is 0 Å². The second-order valence-corrected chi connectivity index (χ2v) is 3.52. The van der Waals surface area contributed by atoms with E-state index in [1.54, 1.807) is 7.11 Å². The topological polar surface area (TPSA) is 67.4 Å². The average Bonchev–Trinajstić information content (AvgIpc) is 2.30. The molecule has 1 heterocycles. The lowest BCUT2D eigenvalue weighted by molar-refractivity contribution is -0.137. The third kappa shape index (κ3) is 1.11. The molecule has 1 atom stereocenters. The summed E-state index contributed by atoms with van der Waals surface area (Å²) in [6.07, 6.45) is 2.72. The zero-order chi connectivity index (χ0) is 9.47. The number of rotatable bonds is 2. The third-order valence-electron chi connectivity index (χ3n) is 2.91. The maximum atomic E-state index is 11.3. The Morgan fingerprint density at radius 1 is 1.46 bits per heavy atom. The van der Waals surface area contributed by atoms with Gasteiger partial charge in [-0.15, -0.1) is 0 Å². The maximum absolute atomic E-state index is 11.3. The van der Waals surface area contributed by atoms with E-state index in [2.05, 4.69) is 10.6 Å². The van der Waals surface area contributed by atoms with Gasteiger partial charge in [-0.3, -0.25) is 10.1 Å². The van der Waals surface area contributed by atoms with E-state index in [4.69, 9.17) is 4.74 Å². The molecule has 0 radical (unpaired) electrons. The summed E-state index contributed by atoms with van der Waals surface area (Å²) >= 11 is 0. The number of hydrogen-bond donors (Lipinski definition) is 2. The number of amides is 3. The molecule has 5 heteroatoms. The first kappa shape index (κ1) is 8.50. The summed E-state index contributed by atoms with van der Waals surface area (Å²) in [5.74, 6) is -0.272. The Labute approximate surface area is 75.8 Å². The minimum absolute atomic E-state index is 0.272. The van der Waals surface area contributed by atoms with Gasteiger partial charge in [0, 0.05) is 7.11 Å². The Kier molecular flexibility index (Phi) is 1.76. The number of methoxy groups -OCH3 is 1. The first-order valence-electron chi connectivity index (χ1n) is 4.34. The van der Waals surface area contributed by atoms with E-state index in [-0.39, 0.29) is 5.91 Å². The molecule has 0 aromatic rings. The molecule has 0 aromatic carbocycles. The zero-order valence-electron chi connectivity index (χ0n) is 7.42. The molecule has 5 nitrogen and oxygen atoms in total. The van der Waals surface area contributed by atoms with Crippen molar-refractivity contribution >= 4 is 11.9 Å². The maximum Gasteiger partial charge on any atom is 0.322 e. The molecule has 1 aliphatic carbocycles. The van der Waals surface area contributed by atoms with E-state index < -0.39 is 17.7 Å². The quantitative estimate of drug-likeness (QED) is 0.582.